The molecule has 0 heterocycles. The Bertz CT molecular complexity index is 645. The lowest BCUT2D eigenvalue weighted by atomic mass is 9.98. The summed E-state index contributed by atoms with van der Waals surface area (Å²) in [4.78, 5) is 23.7. The van der Waals surface area contributed by atoms with Crippen LogP contribution in [0.4, 0.5) is 0 Å². The molecule has 0 aliphatic rings. The Hall–Kier alpha value is -2.42. The maximum Gasteiger partial charge on any atom is 0.196 e. The van der Waals surface area contributed by atoms with E-state index >= 15 is 0 Å². The van der Waals surface area contributed by atoms with Crippen LogP contribution in [0.1, 0.15) is 34.8 Å². The number of aryl methyl sites for hydroxylation is 1. The van der Waals surface area contributed by atoms with Gasteiger partial charge in [0.05, 0.1) is 12.7 Å². The van der Waals surface area contributed by atoms with Crippen LogP contribution in [0.15, 0.2) is 48.5 Å². The van der Waals surface area contributed by atoms with Crippen molar-refractivity contribution in [3.63, 3.8) is 0 Å². The molecule has 2 rings (SSSR count). The first-order chi connectivity index (χ1) is 10.1. The molecule has 0 bridgehead atoms. The fourth-order valence-electron chi connectivity index (χ4n) is 2.15. The van der Waals surface area contributed by atoms with Crippen molar-refractivity contribution >= 4 is 11.6 Å². The largest absolute Gasteiger partial charge is 0.496 e. The first kappa shape index (κ1) is 15.0. The number of rotatable bonds is 6. The van der Waals surface area contributed by atoms with Crippen LogP contribution >= 0.6 is 0 Å². The van der Waals surface area contributed by atoms with Crippen LogP contribution in [-0.2, 0) is 11.2 Å². The number of methoxy groups -OCH3 is 1. The Balaban J connectivity index is 2.34. The van der Waals surface area contributed by atoms with E-state index in [0.717, 1.165) is 5.56 Å². The van der Waals surface area contributed by atoms with Gasteiger partial charge >= 0.3 is 0 Å². The van der Waals surface area contributed by atoms with Crippen LogP contribution in [-0.4, -0.2) is 18.7 Å². The number of ether oxygens (including phenoxy) is 1. The van der Waals surface area contributed by atoms with Crippen molar-refractivity contribution in [3.05, 3.63) is 65.2 Å². The lowest BCUT2D eigenvalue weighted by Crippen LogP contribution is -2.05. The van der Waals surface area contributed by atoms with E-state index in [1.54, 1.807) is 32.2 Å². The highest BCUT2D eigenvalue weighted by atomic mass is 16.5. The number of carbonyl (C=O) groups excluding carboxylic acids is 2. The molecule has 0 unspecified atom stereocenters. The molecule has 0 amide bonds. The van der Waals surface area contributed by atoms with E-state index in [-0.39, 0.29) is 11.6 Å². The molecule has 0 aliphatic carbocycles. The SMILES string of the molecule is COc1ccc(CCC(C)=O)cc1C(=O)c1ccccc1. The monoisotopic (exact) mass is 282 g/mol. The van der Waals surface area contributed by atoms with Crippen molar-refractivity contribution in [1.29, 1.82) is 0 Å². The second-order valence-corrected chi connectivity index (χ2v) is 4.93. The molecule has 0 saturated heterocycles. The number of benzene rings is 2. The fourth-order valence-corrected chi connectivity index (χ4v) is 2.15. The first-order valence-corrected chi connectivity index (χ1v) is 6.88. The van der Waals surface area contributed by atoms with Gasteiger partial charge in [0.1, 0.15) is 11.5 Å². The Labute approximate surface area is 124 Å². The minimum atomic E-state index is -0.0721. The zero-order valence-corrected chi connectivity index (χ0v) is 12.3. The predicted molar refractivity (Wildman–Crippen MR) is 81.9 cm³/mol. The van der Waals surface area contributed by atoms with Gasteiger partial charge in [0.15, 0.2) is 5.78 Å². The van der Waals surface area contributed by atoms with Gasteiger partial charge in [-0.15, -0.1) is 0 Å². The third-order valence-electron chi connectivity index (χ3n) is 3.31. The van der Waals surface area contributed by atoms with Crippen LogP contribution in [0.2, 0.25) is 0 Å². The quantitative estimate of drug-likeness (QED) is 0.762. The second-order valence-electron chi connectivity index (χ2n) is 4.93. The third-order valence-corrected chi connectivity index (χ3v) is 3.31. The van der Waals surface area contributed by atoms with Crippen LogP contribution in [0.25, 0.3) is 0 Å². The van der Waals surface area contributed by atoms with Gasteiger partial charge in [-0.1, -0.05) is 36.4 Å². The summed E-state index contributed by atoms with van der Waals surface area (Å²) in [7, 11) is 1.55. The van der Waals surface area contributed by atoms with E-state index in [1.807, 2.05) is 30.3 Å². The average Bonchev–Trinajstić information content (AvgIpc) is 2.52. The standard InChI is InChI=1S/C18H18O3/c1-13(19)8-9-14-10-11-17(21-2)16(12-14)18(20)15-6-4-3-5-7-15/h3-7,10-12H,8-9H2,1-2H3. The smallest absolute Gasteiger partial charge is 0.196 e. The van der Waals surface area contributed by atoms with E-state index in [4.69, 9.17) is 4.74 Å². The first-order valence-electron chi connectivity index (χ1n) is 6.88. The van der Waals surface area contributed by atoms with Crippen molar-refractivity contribution in [2.75, 3.05) is 7.11 Å². The van der Waals surface area contributed by atoms with Crippen LogP contribution in [0.3, 0.4) is 0 Å². The Morgan fingerprint density at radius 1 is 1.05 bits per heavy atom. The molecular weight excluding hydrogens is 264 g/mol. The van der Waals surface area contributed by atoms with Crippen molar-refractivity contribution in [2.45, 2.75) is 19.8 Å². The molecule has 3 nitrogen and oxygen atoms in total. The molecule has 0 atom stereocenters. The van der Waals surface area contributed by atoms with Crippen LogP contribution in [0, 0.1) is 0 Å². The van der Waals surface area contributed by atoms with Gasteiger partial charge in [-0.2, -0.15) is 0 Å². The maximum atomic E-state index is 12.6. The Kier molecular flexibility index (Phi) is 4.88. The molecule has 0 aliphatic heterocycles. The van der Waals surface area contributed by atoms with Gasteiger partial charge in [0, 0.05) is 12.0 Å². The molecule has 0 spiro atoms. The number of ketones is 2. The normalized spacial score (nSPS) is 10.2. The average molecular weight is 282 g/mol. The molecule has 0 radical (unpaired) electrons. The topological polar surface area (TPSA) is 43.4 Å². The zero-order chi connectivity index (χ0) is 15.2. The van der Waals surface area contributed by atoms with Gasteiger partial charge in [-0.25, -0.2) is 0 Å². The molecule has 21 heavy (non-hydrogen) atoms. The minimum absolute atomic E-state index is 0.0721. The molecule has 108 valence electrons. The fraction of sp³-hybridized carbons (Fsp3) is 0.222. The molecule has 0 N–H and O–H groups in total. The summed E-state index contributed by atoms with van der Waals surface area (Å²) >= 11 is 0. The Morgan fingerprint density at radius 2 is 1.76 bits per heavy atom. The van der Waals surface area contributed by atoms with Crippen molar-refractivity contribution in [3.8, 4) is 5.75 Å². The maximum absolute atomic E-state index is 12.6. The highest BCUT2D eigenvalue weighted by Gasteiger charge is 2.15. The zero-order valence-electron chi connectivity index (χ0n) is 12.3. The van der Waals surface area contributed by atoms with Gasteiger partial charge in [-0.3, -0.25) is 4.79 Å². The molecule has 2 aromatic carbocycles. The van der Waals surface area contributed by atoms with E-state index < -0.39 is 0 Å². The molecule has 0 saturated carbocycles. The summed E-state index contributed by atoms with van der Waals surface area (Å²) in [5.41, 5.74) is 2.12. The van der Waals surface area contributed by atoms with Crippen molar-refractivity contribution in [1.82, 2.24) is 0 Å². The molecule has 2 aromatic rings. The minimum Gasteiger partial charge on any atom is -0.496 e. The summed E-state index contributed by atoms with van der Waals surface area (Å²) in [6, 6.07) is 14.6. The van der Waals surface area contributed by atoms with E-state index in [1.165, 1.54) is 0 Å². The summed E-state index contributed by atoms with van der Waals surface area (Å²) in [5, 5.41) is 0. The van der Waals surface area contributed by atoms with Gasteiger partial charge in [-0.05, 0) is 31.0 Å². The third kappa shape index (κ3) is 3.78. The highest BCUT2D eigenvalue weighted by molar-refractivity contribution is 6.10. The summed E-state index contributed by atoms with van der Waals surface area (Å²) < 4.78 is 5.28. The summed E-state index contributed by atoms with van der Waals surface area (Å²) in [6.45, 7) is 1.57. The van der Waals surface area contributed by atoms with E-state index in [9.17, 15) is 9.59 Å². The van der Waals surface area contributed by atoms with Gasteiger partial charge in [0.2, 0.25) is 0 Å². The summed E-state index contributed by atoms with van der Waals surface area (Å²) in [6.07, 6.45) is 1.11. The predicted octanol–water partition coefficient (Wildman–Crippen LogP) is 3.45. The lowest BCUT2D eigenvalue weighted by molar-refractivity contribution is -0.116. The number of Topliss-reactive ketones (excluding diaryl/α,β-unsaturated/α-hetero) is 1. The number of carbonyl (C=O) groups is 2. The van der Waals surface area contributed by atoms with E-state index in [2.05, 4.69) is 0 Å². The van der Waals surface area contributed by atoms with Crippen LogP contribution < -0.4 is 4.74 Å². The van der Waals surface area contributed by atoms with Crippen molar-refractivity contribution in [2.24, 2.45) is 0 Å². The van der Waals surface area contributed by atoms with Gasteiger partial charge in [0.25, 0.3) is 0 Å². The van der Waals surface area contributed by atoms with E-state index in [0.29, 0.717) is 29.7 Å². The Morgan fingerprint density at radius 3 is 2.38 bits per heavy atom. The molecule has 0 fully saturated rings. The molecule has 0 aromatic heterocycles. The second kappa shape index (κ2) is 6.84. The van der Waals surface area contributed by atoms with Gasteiger partial charge < -0.3 is 9.53 Å². The summed E-state index contributed by atoms with van der Waals surface area (Å²) in [5.74, 6) is 0.620. The molecular formula is C18H18O3. The molecule has 3 heteroatoms. The number of hydrogen-bond acceptors (Lipinski definition) is 3. The van der Waals surface area contributed by atoms with Crippen molar-refractivity contribution < 1.29 is 14.3 Å². The lowest BCUT2D eigenvalue weighted by Gasteiger charge is -2.10. The van der Waals surface area contributed by atoms with Crippen LogP contribution in [0.5, 0.6) is 5.75 Å². The number of hydrogen-bond donors (Lipinski definition) is 0. The highest BCUT2D eigenvalue weighted by Crippen LogP contribution is 2.23.